The molecule has 1 N–H and O–H groups in total. The first kappa shape index (κ1) is 29.9. The lowest BCUT2D eigenvalue weighted by atomic mass is 9.65. The van der Waals surface area contributed by atoms with Crippen LogP contribution in [0, 0.1) is 5.41 Å². The van der Waals surface area contributed by atoms with Crippen molar-refractivity contribution < 1.29 is 19.4 Å². The number of hydrogen-bond donors (Lipinski definition) is 1. The molecule has 2 fully saturated rings. The Bertz CT molecular complexity index is 1740. The number of carbonyl (C=O) groups excluding carboxylic acids is 2. The lowest BCUT2D eigenvalue weighted by molar-refractivity contribution is -0.0373. The Morgan fingerprint density at radius 2 is 1.82 bits per heavy atom. The average Bonchev–Trinajstić information content (AvgIpc) is 3.69. The van der Waals surface area contributed by atoms with E-state index in [1.807, 2.05) is 47.4 Å². The number of fused-ring (bicyclic) bond motifs is 9. The smallest absolute Gasteiger partial charge is 0.410 e. The summed E-state index contributed by atoms with van der Waals surface area (Å²) in [6, 6.07) is 26.5. The molecule has 0 radical (unpaired) electrons. The molecule has 6 heteroatoms. The quantitative estimate of drug-likeness (QED) is 0.183. The Morgan fingerprint density at radius 1 is 1.02 bits per heavy atom. The summed E-state index contributed by atoms with van der Waals surface area (Å²) < 4.78 is 7.59. The highest BCUT2D eigenvalue weighted by atomic mass is 32.1. The zero-order chi connectivity index (χ0) is 31.2. The zero-order valence-corrected chi connectivity index (χ0v) is 26.9. The molecule has 1 saturated carbocycles. The molecular formula is C39H41NO4S. The van der Waals surface area contributed by atoms with E-state index in [-0.39, 0.29) is 23.2 Å². The van der Waals surface area contributed by atoms with Crippen molar-refractivity contribution in [1.82, 2.24) is 4.90 Å². The average molecular weight is 620 g/mol. The summed E-state index contributed by atoms with van der Waals surface area (Å²) in [4.78, 5) is 30.5. The van der Waals surface area contributed by atoms with Gasteiger partial charge in [-0.05, 0) is 98.1 Å². The van der Waals surface area contributed by atoms with Crippen LogP contribution in [-0.4, -0.2) is 40.1 Å². The number of aliphatic hydroxyl groups is 1. The Balaban J connectivity index is 1.31. The fourth-order valence-electron chi connectivity index (χ4n) is 8.13. The Kier molecular flexibility index (Phi) is 7.91. The van der Waals surface area contributed by atoms with Crippen LogP contribution in [-0.2, 0) is 17.7 Å². The van der Waals surface area contributed by atoms with Crippen molar-refractivity contribution in [3.8, 4) is 0 Å². The van der Waals surface area contributed by atoms with Crippen LogP contribution in [0.15, 0.2) is 90.5 Å². The van der Waals surface area contributed by atoms with Crippen molar-refractivity contribution in [2.75, 3.05) is 6.54 Å². The van der Waals surface area contributed by atoms with Crippen molar-refractivity contribution in [2.24, 2.45) is 5.41 Å². The van der Waals surface area contributed by atoms with E-state index >= 15 is 0 Å². The number of carbonyl (C=O) groups is 2. The number of ether oxygens (including phenoxy) is 1. The van der Waals surface area contributed by atoms with E-state index in [1.54, 1.807) is 0 Å². The number of rotatable bonds is 4. The number of ketones is 1. The third kappa shape index (κ3) is 5.53. The van der Waals surface area contributed by atoms with Gasteiger partial charge in [-0.15, -0.1) is 11.3 Å². The molecule has 4 atom stereocenters. The van der Waals surface area contributed by atoms with E-state index in [2.05, 4.69) is 56.3 Å². The number of allylic oxidation sites excluding steroid dienone is 2. The van der Waals surface area contributed by atoms with Crippen LogP contribution in [0.3, 0.4) is 0 Å². The maximum atomic E-state index is 14.4. The summed E-state index contributed by atoms with van der Waals surface area (Å²) in [7, 11) is 0. The highest BCUT2D eigenvalue weighted by Crippen LogP contribution is 2.62. The van der Waals surface area contributed by atoms with Crippen LogP contribution < -0.4 is 0 Å². The molecule has 3 aromatic carbocycles. The minimum atomic E-state index is -0.644. The molecule has 5 nitrogen and oxygen atoms in total. The fraction of sp³-hybridized carbons (Fsp3) is 0.385. The van der Waals surface area contributed by atoms with Crippen molar-refractivity contribution in [3.63, 3.8) is 0 Å². The molecule has 1 saturated heterocycles. The lowest BCUT2D eigenvalue weighted by Crippen LogP contribution is -2.48. The molecule has 1 aromatic heterocycles. The van der Waals surface area contributed by atoms with Gasteiger partial charge in [0.15, 0.2) is 0 Å². The van der Waals surface area contributed by atoms with Crippen molar-refractivity contribution >= 4 is 33.3 Å². The van der Waals surface area contributed by atoms with Gasteiger partial charge in [0.1, 0.15) is 5.60 Å². The van der Waals surface area contributed by atoms with Gasteiger partial charge in [-0.25, -0.2) is 4.79 Å². The molecule has 1 aliphatic heterocycles. The summed E-state index contributed by atoms with van der Waals surface area (Å²) in [6.45, 7) is 5.51. The standard InChI is InChI=1S/C39H41NO4S/c1-26-9-8-19-38(2)33(18-20-39(38)25-40(37(43)44-39)24-27-10-4-3-5-11-27)31-17-15-28(21-30(41)16-14-26)22-32(31)36(42)35-23-29-12-6-7-13-34(29)45-35/h3-7,9-13,15,17,22-23,30,33,41H,8,14,16,18-21,24-25H2,1-2H3/t30-,33-,38-,39+/m0/s1. The molecule has 2 heterocycles. The van der Waals surface area contributed by atoms with Gasteiger partial charge in [-0.2, -0.15) is 0 Å². The maximum Gasteiger partial charge on any atom is 0.410 e. The molecule has 2 bridgehead atoms. The number of thiophene rings is 1. The van der Waals surface area contributed by atoms with Crippen molar-refractivity contribution in [2.45, 2.75) is 83.0 Å². The Hall–Kier alpha value is -3.74. The zero-order valence-electron chi connectivity index (χ0n) is 26.1. The van der Waals surface area contributed by atoms with E-state index < -0.39 is 11.7 Å². The van der Waals surface area contributed by atoms with Crippen LogP contribution in [0.25, 0.3) is 10.1 Å². The van der Waals surface area contributed by atoms with Gasteiger partial charge in [-0.3, -0.25) is 9.69 Å². The molecule has 4 aromatic rings. The van der Waals surface area contributed by atoms with Gasteiger partial charge in [0.2, 0.25) is 5.78 Å². The van der Waals surface area contributed by atoms with Gasteiger partial charge >= 0.3 is 6.09 Å². The van der Waals surface area contributed by atoms with Crippen LogP contribution in [0.5, 0.6) is 0 Å². The highest BCUT2D eigenvalue weighted by Gasteiger charge is 2.63. The minimum Gasteiger partial charge on any atom is -0.440 e. The second-order valence-corrected chi connectivity index (χ2v) is 14.7. The van der Waals surface area contributed by atoms with E-state index in [0.29, 0.717) is 31.5 Å². The van der Waals surface area contributed by atoms with Gasteiger partial charge in [0, 0.05) is 22.2 Å². The first-order valence-corrected chi connectivity index (χ1v) is 17.1. The molecule has 1 amide bonds. The molecule has 232 valence electrons. The molecular weight excluding hydrogens is 578 g/mol. The predicted molar refractivity (Wildman–Crippen MR) is 180 cm³/mol. The van der Waals surface area contributed by atoms with Crippen molar-refractivity contribution in [3.05, 3.63) is 118 Å². The molecule has 3 aliphatic carbocycles. The second kappa shape index (κ2) is 11.9. The summed E-state index contributed by atoms with van der Waals surface area (Å²) in [5.41, 5.74) is 4.07. The van der Waals surface area contributed by atoms with Crippen LogP contribution in [0.1, 0.15) is 90.2 Å². The van der Waals surface area contributed by atoms with Crippen LogP contribution in [0.2, 0.25) is 0 Å². The molecule has 1 spiro atoms. The summed E-state index contributed by atoms with van der Waals surface area (Å²) in [5, 5.41) is 12.0. The molecule has 8 rings (SSSR count). The first-order valence-electron chi connectivity index (χ1n) is 16.3. The number of benzene rings is 3. The van der Waals surface area contributed by atoms with Gasteiger partial charge in [-0.1, -0.05) is 79.2 Å². The first-order chi connectivity index (χ1) is 21.7. The van der Waals surface area contributed by atoms with Crippen LogP contribution in [0.4, 0.5) is 4.79 Å². The predicted octanol–water partition coefficient (Wildman–Crippen LogP) is 8.83. The van der Waals surface area contributed by atoms with Crippen LogP contribution >= 0.6 is 11.3 Å². The van der Waals surface area contributed by atoms with Gasteiger partial charge in [0.05, 0.1) is 17.5 Å². The number of amides is 1. The topological polar surface area (TPSA) is 66.8 Å². The molecule has 45 heavy (non-hydrogen) atoms. The van der Waals surface area contributed by atoms with Gasteiger partial charge in [0.25, 0.3) is 0 Å². The SMILES string of the molecule is CC1=CCC[C@@]2(C)[C@@H](CC[C@@]23CN(Cc2ccccc2)C(=O)O3)c2ccc(cc2C(=O)c2cc3ccccc3s2)C[C@@H](O)CC1. The maximum absolute atomic E-state index is 14.4. The van der Waals surface area contributed by atoms with E-state index in [4.69, 9.17) is 4.74 Å². The number of nitrogens with zero attached hydrogens (tertiary/aromatic N) is 1. The third-order valence-corrected chi connectivity index (χ3v) is 11.9. The molecule has 4 aliphatic rings. The lowest BCUT2D eigenvalue weighted by Gasteiger charge is -2.43. The van der Waals surface area contributed by atoms with Gasteiger partial charge < -0.3 is 9.84 Å². The number of hydrogen-bond acceptors (Lipinski definition) is 5. The van der Waals surface area contributed by atoms with E-state index in [0.717, 1.165) is 63.8 Å². The summed E-state index contributed by atoms with van der Waals surface area (Å²) in [5.74, 6) is 0.0636. The second-order valence-electron chi connectivity index (χ2n) is 13.6. The Morgan fingerprint density at radius 3 is 2.64 bits per heavy atom. The molecule has 0 unspecified atom stereocenters. The Labute approximate surface area is 269 Å². The summed E-state index contributed by atoms with van der Waals surface area (Å²) in [6.07, 6.45) is 6.88. The minimum absolute atomic E-state index is 0.0304. The van der Waals surface area contributed by atoms with E-state index in [9.17, 15) is 14.7 Å². The summed E-state index contributed by atoms with van der Waals surface area (Å²) >= 11 is 1.54. The van der Waals surface area contributed by atoms with E-state index in [1.165, 1.54) is 16.9 Å². The largest absolute Gasteiger partial charge is 0.440 e. The van der Waals surface area contributed by atoms with Crippen molar-refractivity contribution in [1.29, 1.82) is 0 Å². The normalized spacial score (nSPS) is 27.0. The fourth-order valence-corrected chi connectivity index (χ4v) is 9.15. The highest BCUT2D eigenvalue weighted by molar-refractivity contribution is 7.21. The monoisotopic (exact) mass is 619 g/mol. The number of aliphatic hydroxyl groups excluding tert-OH is 1. The third-order valence-electron chi connectivity index (χ3n) is 10.7.